The van der Waals surface area contributed by atoms with Crippen molar-refractivity contribution in [3.05, 3.63) is 53.3 Å². The quantitative estimate of drug-likeness (QED) is 0.701. The highest BCUT2D eigenvalue weighted by Gasteiger charge is 2.39. The zero-order chi connectivity index (χ0) is 21.1. The van der Waals surface area contributed by atoms with E-state index in [1.807, 2.05) is 48.0 Å². The number of pyridine rings is 1. The van der Waals surface area contributed by atoms with Crippen molar-refractivity contribution in [2.75, 3.05) is 7.05 Å². The first kappa shape index (κ1) is 19.0. The standard InChI is InChI=1S/C25H29N5O/c1-15-23-21(25(31)26-17-12-19-10-11-20(13-17)29(19)2)14-22(16-8-9-16)27-24(23)30(28-15)18-6-4-3-5-7-18/h3-7,14,16-17,19-20H,8-13H2,1-2H3,(H,26,31)/t17?,19-,20+. The van der Waals surface area contributed by atoms with Gasteiger partial charge in [0.15, 0.2) is 5.65 Å². The van der Waals surface area contributed by atoms with Crippen LogP contribution in [0.15, 0.2) is 36.4 Å². The second-order valence-corrected chi connectivity index (χ2v) is 9.59. The number of benzene rings is 1. The summed E-state index contributed by atoms with van der Waals surface area (Å²) in [4.78, 5) is 21.0. The smallest absolute Gasteiger partial charge is 0.252 e. The molecule has 2 bridgehead atoms. The molecule has 3 aliphatic rings. The number of aryl methyl sites for hydroxylation is 1. The van der Waals surface area contributed by atoms with Crippen molar-refractivity contribution in [3.8, 4) is 5.69 Å². The molecular weight excluding hydrogens is 386 g/mol. The Morgan fingerprint density at radius 1 is 1.06 bits per heavy atom. The molecule has 1 aliphatic carbocycles. The number of nitrogens with zero attached hydrogens (tertiary/aromatic N) is 4. The molecule has 2 aliphatic heterocycles. The Kier molecular flexibility index (Phi) is 4.39. The Morgan fingerprint density at radius 2 is 1.77 bits per heavy atom. The van der Waals surface area contributed by atoms with E-state index in [0.717, 1.165) is 59.4 Å². The number of amides is 1. The number of piperidine rings is 1. The maximum Gasteiger partial charge on any atom is 0.252 e. The normalized spacial score (nSPS) is 25.8. The molecule has 3 atom stereocenters. The van der Waals surface area contributed by atoms with Crippen molar-refractivity contribution in [1.29, 1.82) is 0 Å². The van der Waals surface area contributed by atoms with Crippen LogP contribution in [0.3, 0.4) is 0 Å². The van der Waals surface area contributed by atoms with Crippen LogP contribution in [0.2, 0.25) is 0 Å². The van der Waals surface area contributed by atoms with Gasteiger partial charge in [-0.2, -0.15) is 5.10 Å². The van der Waals surface area contributed by atoms with E-state index >= 15 is 0 Å². The number of aromatic nitrogens is 3. The Bertz CT molecular complexity index is 1140. The van der Waals surface area contributed by atoms with Crippen LogP contribution in [0.25, 0.3) is 16.7 Å². The van der Waals surface area contributed by atoms with E-state index in [4.69, 9.17) is 10.1 Å². The monoisotopic (exact) mass is 415 g/mol. The fraction of sp³-hybridized carbons (Fsp3) is 0.480. The maximum absolute atomic E-state index is 13.5. The summed E-state index contributed by atoms with van der Waals surface area (Å²) in [6.07, 6.45) is 6.89. The van der Waals surface area contributed by atoms with Gasteiger partial charge < -0.3 is 10.2 Å². The summed E-state index contributed by atoms with van der Waals surface area (Å²) in [6.45, 7) is 1.98. The lowest BCUT2D eigenvalue weighted by molar-refractivity contribution is 0.0884. The van der Waals surface area contributed by atoms with Crippen molar-refractivity contribution in [3.63, 3.8) is 0 Å². The molecule has 1 aromatic carbocycles. The molecule has 1 unspecified atom stereocenters. The predicted molar refractivity (Wildman–Crippen MR) is 121 cm³/mol. The molecule has 4 heterocycles. The van der Waals surface area contributed by atoms with Gasteiger partial charge in [-0.15, -0.1) is 0 Å². The molecule has 31 heavy (non-hydrogen) atoms. The highest BCUT2D eigenvalue weighted by atomic mass is 16.1. The van der Waals surface area contributed by atoms with Gasteiger partial charge in [0.25, 0.3) is 5.91 Å². The van der Waals surface area contributed by atoms with Crippen LogP contribution in [-0.2, 0) is 0 Å². The summed E-state index contributed by atoms with van der Waals surface area (Å²) < 4.78 is 1.89. The van der Waals surface area contributed by atoms with Crippen molar-refractivity contribution in [1.82, 2.24) is 25.0 Å². The van der Waals surface area contributed by atoms with Crippen molar-refractivity contribution < 1.29 is 4.79 Å². The Labute approximate surface area is 182 Å². The molecule has 2 aromatic heterocycles. The number of carbonyl (C=O) groups excluding carboxylic acids is 1. The molecule has 0 spiro atoms. The minimum atomic E-state index is 0.0268. The third kappa shape index (κ3) is 3.24. The second-order valence-electron chi connectivity index (χ2n) is 9.59. The average molecular weight is 416 g/mol. The average Bonchev–Trinajstić information content (AvgIpc) is 3.55. The minimum Gasteiger partial charge on any atom is -0.349 e. The van der Waals surface area contributed by atoms with E-state index in [9.17, 15) is 4.79 Å². The SMILES string of the molecule is Cc1nn(-c2ccccc2)c2nc(C3CC3)cc(C(=O)NC3C[C@H]4CC[C@@H](C3)N4C)c12. The summed E-state index contributed by atoms with van der Waals surface area (Å²) in [7, 11) is 2.23. The fourth-order valence-corrected chi connectivity index (χ4v) is 5.62. The van der Waals surface area contributed by atoms with Gasteiger partial charge in [-0.05, 0) is 70.7 Å². The second kappa shape index (κ2) is 7.16. The van der Waals surface area contributed by atoms with Crippen LogP contribution in [-0.4, -0.2) is 50.7 Å². The number of carbonyl (C=O) groups is 1. The Hall–Kier alpha value is -2.73. The van der Waals surface area contributed by atoms with E-state index in [-0.39, 0.29) is 11.9 Å². The zero-order valence-electron chi connectivity index (χ0n) is 18.2. The molecule has 2 saturated heterocycles. The van der Waals surface area contributed by atoms with Crippen LogP contribution < -0.4 is 5.32 Å². The van der Waals surface area contributed by atoms with Gasteiger partial charge in [0.05, 0.1) is 22.3 Å². The molecule has 3 fully saturated rings. The predicted octanol–water partition coefficient (Wildman–Crippen LogP) is 3.96. The molecule has 3 aromatic rings. The summed E-state index contributed by atoms with van der Waals surface area (Å²) in [6, 6.07) is 13.6. The van der Waals surface area contributed by atoms with Crippen LogP contribution in [0.1, 0.15) is 66.2 Å². The molecule has 160 valence electrons. The lowest BCUT2D eigenvalue weighted by Crippen LogP contribution is -2.48. The third-order valence-electron chi connectivity index (χ3n) is 7.51. The van der Waals surface area contributed by atoms with Crippen LogP contribution in [0, 0.1) is 6.92 Å². The molecule has 6 rings (SSSR count). The first-order chi connectivity index (χ1) is 15.1. The van der Waals surface area contributed by atoms with E-state index < -0.39 is 0 Å². The first-order valence-electron chi connectivity index (χ1n) is 11.6. The topological polar surface area (TPSA) is 63.1 Å². The Morgan fingerprint density at radius 3 is 2.45 bits per heavy atom. The first-order valence-corrected chi connectivity index (χ1v) is 11.6. The van der Waals surface area contributed by atoms with Crippen molar-refractivity contribution >= 4 is 16.9 Å². The van der Waals surface area contributed by atoms with E-state index in [1.54, 1.807) is 0 Å². The van der Waals surface area contributed by atoms with Crippen molar-refractivity contribution in [2.45, 2.75) is 69.5 Å². The number of hydrogen-bond acceptors (Lipinski definition) is 4. The summed E-state index contributed by atoms with van der Waals surface area (Å²) >= 11 is 0. The van der Waals surface area contributed by atoms with Crippen LogP contribution in [0.5, 0.6) is 0 Å². The van der Waals surface area contributed by atoms with Crippen LogP contribution >= 0.6 is 0 Å². The summed E-state index contributed by atoms with van der Waals surface area (Å²) in [5.41, 5.74) is 4.37. The number of nitrogens with one attached hydrogen (secondary N) is 1. The van der Waals surface area contributed by atoms with Gasteiger partial charge in [0.1, 0.15) is 0 Å². The highest BCUT2D eigenvalue weighted by molar-refractivity contribution is 6.07. The fourth-order valence-electron chi connectivity index (χ4n) is 5.62. The maximum atomic E-state index is 13.5. The Balaban J connectivity index is 1.39. The number of hydrogen-bond donors (Lipinski definition) is 1. The molecule has 1 saturated carbocycles. The molecule has 1 N–H and O–H groups in total. The summed E-state index contributed by atoms with van der Waals surface area (Å²) in [5.74, 6) is 0.494. The molecular formula is C25H29N5O. The van der Waals surface area contributed by atoms with Gasteiger partial charge in [-0.1, -0.05) is 18.2 Å². The molecule has 6 heteroatoms. The third-order valence-corrected chi connectivity index (χ3v) is 7.51. The number of para-hydroxylation sites is 1. The molecule has 0 radical (unpaired) electrons. The van der Waals surface area contributed by atoms with E-state index in [2.05, 4.69) is 17.3 Å². The lowest BCUT2D eigenvalue weighted by atomic mass is 9.97. The zero-order valence-corrected chi connectivity index (χ0v) is 18.2. The largest absolute Gasteiger partial charge is 0.349 e. The number of fused-ring (bicyclic) bond motifs is 3. The molecule has 6 nitrogen and oxygen atoms in total. The van der Waals surface area contributed by atoms with Gasteiger partial charge in [0, 0.05) is 29.7 Å². The van der Waals surface area contributed by atoms with Crippen LogP contribution in [0.4, 0.5) is 0 Å². The van der Waals surface area contributed by atoms with Gasteiger partial charge >= 0.3 is 0 Å². The van der Waals surface area contributed by atoms with Gasteiger partial charge in [0.2, 0.25) is 0 Å². The molecule has 1 amide bonds. The van der Waals surface area contributed by atoms with Gasteiger partial charge in [-0.25, -0.2) is 9.67 Å². The number of rotatable bonds is 4. The van der Waals surface area contributed by atoms with E-state index in [0.29, 0.717) is 18.0 Å². The van der Waals surface area contributed by atoms with Gasteiger partial charge in [-0.3, -0.25) is 4.79 Å². The minimum absolute atomic E-state index is 0.0268. The summed E-state index contributed by atoms with van der Waals surface area (Å²) in [5, 5.41) is 9.04. The highest BCUT2D eigenvalue weighted by Crippen LogP contribution is 2.41. The lowest BCUT2D eigenvalue weighted by Gasteiger charge is -2.36. The van der Waals surface area contributed by atoms with Crippen molar-refractivity contribution in [2.24, 2.45) is 0 Å². The van der Waals surface area contributed by atoms with E-state index in [1.165, 1.54) is 12.8 Å².